The number of hydrogen-bond donors (Lipinski definition) is 1. The third-order valence-corrected chi connectivity index (χ3v) is 2.09. The second kappa shape index (κ2) is 1.84. The van der Waals surface area contributed by atoms with E-state index in [0.29, 0.717) is 0 Å². The first kappa shape index (κ1) is 5.12. The molecule has 0 spiro atoms. The predicted octanol–water partition coefficient (Wildman–Crippen LogP) is 1.74. The topological polar surface area (TPSA) is 12.9 Å². The first-order chi connectivity index (χ1) is 3.30. The lowest BCUT2D eigenvalue weighted by Gasteiger charge is -1.76. The minimum atomic E-state index is 1.01. The molecule has 1 aromatic heterocycles. The Morgan fingerprint density at radius 1 is 1.86 bits per heavy atom. The third-order valence-electron chi connectivity index (χ3n) is 0.720. The molecule has 0 radical (unpaired) electrons. The lowest BCUT2D eigenvalue weighted by molar-refractivity contribution is 1.21. The molecule has 0 aliphatic heterocycles. The normalized spacial score (nSPS) is 9.43. The maximum atomic E-state index is 4.10. The van der Waals surface area contributed by atoms with Crippen LogP contribution in [0.25, 0.3) is 0 Å². The zero-order valence-corrected chi connectivity index (χ0v) is 5.59. The van der Waals surface area contributed by atoms with E-state index in [-0.39, 0.29) is 0 Å². The van der Waals surface area contributed by atoms with Crippen molar-refractivity contribution in [2.75, 3.05) is 0 Å². The molecule has 1 nitrogen and oxygen atoms in total. The van der Waals surface area contributed by atoms with Crippen molar-refractivity contribution in [1.82, 2.24) is 4.98 Å². The van der Waals surface area contributed by atoms with Crippen LogP contribution < -0.4 is 0 Å². The van der Waals surface area contributed by atoms with Crippen molar-refractivity contribution in [3.05, 3.63) is 11.2 Å². The van der Waals surface area contributed by atoms with Crippen molar-refractivity contribution >= 4 is 24.0 Å². The van der Waals surface area contributed by atoms with Gasteiger partial charge in [0, 0.05) is 0 Å². The van der Waals surface area contributed by atoms with Crippen LogP contribution in [0.15, 0.2) is 9.72 Å². The van der Waals surface area contributed by atoms with E-state index in [1.165, 1.54) is 0 Å². The van der Waals surface area contributed by atoms with Crippen molar-refractivity contribution in [2.45, 2.75) is 11.1 Å². The Kier molecular flexibility index (Phi) is 1.35. The molecular weight excluding hydrogens is 126 g/mol. The second-order valence-corrected chi connectivity index (χ2v) is 2.85. The summed E-state index contributed by atoms with van der Waals surface area (Å²) in [5.74, 6) is 0. The van der Waals surface area contributed by atoms with Crippen LogP contribution in [0.3, 0.4) is 0 Å². The molecule has 0 atom stereocenters. The van der Waals surface area contributed by atoms with Gasteiger partial charge in [0.25, 0.3) is 0 Å². The van der Waals surface area contributed by atoms with Gasteiger partial charge in [0.2, 0.25) is 0 Å². The lowest BCUT2D eigenvalue weighted by atomic mass is 10.6. The molecule has 38 valence electrons. The SMILES string of the molecule is Cc1ncsc1S. The standard InChI is InChI=1S/C4H5NS2/c1-3-4(6)7-2-5-3/h2,6H,1H3. The fourth-order valence-corrected chi connectivity index (χ4v) is 1.03. The zero-order valence-electron chi connectivity index (χ0n) is 3.88. The van der Waals surface area contributed by atoms with Gasteiger partial charge >= 0.3 is 0 Å². The molecule has 1 heterocycles. The van der Waals surface area contributed by atoms with Gasteiger partial charge in [-0.15, -0.1) is 24.0 Å². The van der Waals surface area contributed by atoms with Crippen LogP contribution in [0.5, 0.6) is 0 Å². The Morgan fingerprint density at radius 2 is 2.57 bits per heavy atom. The summed E-state index contributed by atoms with van der Waals surface area (Å²) in [4.78, 5) is 3.96. The number of thiazole rings is 1. The summed E-state index contributed by atoms with van der Waals surface area (Å²) in [7, 11) is 0. The first-order valence-electron chi connectivity index (χ1n) is 1.90. The highest BCUT2D eigenvalue weighted by molar-refractivity contribution is 7.82. The van der Waals surface area contributed by atoms with Gasteiger partial charge in [0.1, 0.15) is 0 Å². The summed E-state index contributed by atoms with van der Waals surface area (Å²) in [6, 6.07) is 0. The van der Waals surface area contributed by atoms with Crippen LogP contribution in [0.1, 0.15) is 5.69 Å². The Labute approximate surface area is 51.8 Å². The highest BCUT2D eigenvalue weighted by atomic mass is 32.2. The van der Waals surface area contributed by atoms with Gasteiger partial charge in [-0.1, -0.05) is 0 Å². The van der Waals surface area contributed by atoms with E-state index in [4.69, 9.17) is 0 Å². The van der Waals surface area contributed by atoms with Crippen LogP contribution in [0, 0.1) is 6.92 Å². The summed E-state index contributed by atoms with van der Waals surface area (Å²) in [6.45, 7) is 1.94. The second-order valence-electron chi connectivity index (χ2n) is 1.24. The molecule has 0 saturated heterocycles. The quantitative estimate of drug-likeness (QED) is 0.529. The van der Waals surface area contributed by atoms with Crippen molar-refractivity contribution < 1.29 is 0 Å². The van der Waals surface area contributed by atoms with Crippen LogP contribution in [0.2, 0.25) is 0 Å². The largest absolute Gasteiger partial charge is 0.249 e. The smallest absolute Gasteiger partial charge is 0.0806 e. The highest BCUT2D eigenvalue weighted by Gasteiger charge is 1.90. The Hall–Kier alpha value is -0.0200. The third kappa shape index (κ3) is 0.951. The average molecular weight is 131 g/mol. The minimum absolute atomic E-state index is 1.01. The summed E-state index contributed by atoms with van der Waals surface area (Å²) in [6.07, 6.45) is 0. The van der Waals surface area contributed by atoms with Crippen LogP contribution in [-0.2, 0) is 0 Å². The van der Waals surface area contributed by atoms with E-state index >= 15 is 0 Å². The summed E-state index contributed by atoms with van der Waals surface area (Å²) >= 11 is 5.66. The fourth-order valence-electron chi connectivity index (χ4n) is 0.296. The van der Waals surface area contributed by atoms with E-state index < -0.39 is 0 Å². The number of aryl methyl sites for hydroxylation is 1. The van der Waals surface area contributed by atoms with Crippen molar-refractivity contribution in [2.24, 2.45) is 0 Å². The summed E-state index contributed by atoms with van der Waals surface area (Å²) in [5, 5.41) is 0. The molecule has 0 unspecified atom stereocenters. The van der Waals surface area contributed by atoms with Crippen molar-refractivity contribution in [3.63, 3.8) is 0 Å². The Bertz CT molecular complexity index is 142. The Balaban J connectivity index is 3.12. The average Bonchev–Trinajstić information content (AvgIpc) is 1.91. The zero-order chi connectivity index (χ0) is 5.28. The molecule has 0 N–H and O–H groups in total. The van der Waals surface area contributed by atoms with Crippen molar-refractivity contribution in [3.8, 4) is 0 Å². The Morgan fingerprint density at radius 3 is 2.71 bits per heavy atom. The van der Waals surface area contributed by atoms with E-state index in [1.807, 2.05) is 6.92 Å². The van der Waals surface area contributed by atoms with Gasteiger partial charge in [0.15, 0.2) is 0 Å². The molecule has 0 aromatic carbocycles. The van der Waals surface area contributed by atoms with Gasteiger partial charge in [-0.25, -0.2) is 4.98 Å². The van der Waals surface area contributed by atoms with Gasteiger partial charge < -0.3 is 0 Å². The molecule has 0 aliphatic rings. The van der Waals surface area contributed by atoms with Gasteiger partial charge in [-0.3, -0.25) is 0 Å². The number of hydrogen-bond acceptors (Lipinski definition) is 3. The highest BCUT2D eigenvalue weighted by Crippen LogP contribution is 2.15. The number of nitrogens with zero attached hydrogens (tertiary/aromatic N) is 1. The molecule has 0 fully saturated rings. The van der Waals surface area contributed by atoms with Crippen LogP contribution in [-0.4, -0.2) is 4.98 Å². The molecule has 0 amide bonds. The monoisotopic (exact) mass is 131 g/mol. The van der Waals surface area contributed by atoms with E-state index in [2.05, 4.69) is 17.6 Å². The predicted molar refractivity (Wildman–Crippen MR) is 34.1 cm³/mol. The number of rotatable bonds is 0. The molecule has 0 saturated carbocycles. The van der Waals surface area contributed by atoms with E-state index in [0.717, 1.165) is 9.90 Å². The van der Waals surface area contributed by atoms with E-state index in [9.17, 15) is 0 Å². The molecule has 1 rings (SSSR count). The van der Waals surface area contributed by atoms with Gasteiger partial charge in [-0.2, -0.15) is 0 Å². The maximum Gasteiger partial charge on any atom is 0.0806 e. The molecule has 0 bridgehead atoms. The van der Waals surface area contributed by atoms with Crippen molar-refractivity contribution in [1.29, 1.82) is 0 Å². The molecular formula is C4H5NS2. The number of thiol groups is 1. The van der Waals surface area contributed by atoms with Crippen LogP contribution in [0.4, 0.5) is 0 Å². The maximum absolute atomic E-state index is 4.10. The first-order valence-corrected chi connectivity index (χ1v) is 3.22. The minimum Gasteiger partial charge on any atom is -0.249 e. The van der Waals surface area contributed by atoms with Gasteiger partial charge in [0.05, 0.1) is 15.4 Å². The molecule has 7 heavy (non-hydrogen) atoms. The van der Waals surface area contributed by atoms with Gasteiger partial charge in [-0.05, 0) is 6.92 Å². The summed E-state index contributed by atoms with van der Waals surface area (Å²) < 4.78 is 1.01. The molecule has 0 aliphatic carbocycles. The molecule has 1 aromatic rings. The van der Waals surface area contributed by atoms with E-state index in [1.54, 1.807) is 16.8 Å². The fraction of sp³-hybridized carbons (Fsp3) is 0.250. The lowest BCUT2D eigenvalue weighted by Crippen LogP contribution is -1.64. The number of aromatic nitrogens is 1. The summed E-state index contributed by atoms with van der Waals surface area (Å²) in [5.41, 5.74) is 2.81. The molecule has 3 heteroatoms. The van der Waals surface area contributed by atoms with Crippen LogP contribution >= 0.6 is 24.0 Å².